The fourth-order valence-corrected chi connectivity index (χ4v) is 1.72. The molecule has 0 aromatic heterocycles. The Morgan fingerprint density at radius 1 is 1.00 bits per heavy atom. The largest absolute Gasteiger partial charge is 0.396 e. The highest BCUT2D eigenvalue weighted by molar-refractivity contribution is 4.67. The van der Waals surface area contributed by atoms with Crippen LogP contribution in [-0.4, -0.2) is 23.8 Å². The lowest BCUT2D eigenvalue weighted by Gasteiger charge is -2.19. The maximum absolute atomic E-state index is 8.76. The summed E-state index contributed by atoms with van der Waals surface area (Å²) in [4.78, 5) is 0. The van der Waals surface area contributed by atoms with Gasteiger partial charge in [0, 0.05) is 18.7 Å². The zero-order valence-corrected chi connectivity index (χ0v) is 10.1. The Kier molecular flexibility index (Phi) is 9.42. The van der Waals surface area contributed by atoms with Gasteiger partial charge in [0.05, 0.1) is 0 Å². The van der Waals surface area contributed by atoms with Crippen LogP contribution in [0.3, 0.4) is 0 Å². The molecular formula is C12H27NO. The van der Waals surface area contributed by atoms with Crippen molar-refractivity contribution in [3.8, 4) is 0 Å². The third kappa shape index (κ3) is 8.52. The van der Waals surface area contributed by atoms with E-state index in [4.69, 9.17) is 5.11 Å². The predicted octanol–water partition coefficient (Wildman–Crippen LogP) is 2.71. The number of hydrogen-bond donors (Lipinski definition) is 2. The first-order valence-corrected chi connectivity index (χ1v) is 6.07. The molecule has 0 bridgehead atoms. The van der Waals surface area contributed by atoms with Gasteiger partial charge in [0.1, 0.15) is 0 Å². The van der Waals surface area contributed by atoms with Crippen LogP contribution in [0.15, 0.2) is 0 Å². The standard InChI is InChI=1S/C12H27NO/c1-4-5-6-7-8-11(2)13-12(3)9-10-14/h11-14H,4-10H2,1-3H3. The molecule has 0 aromatic carbocycles. The van der Waals surface area contributed by atoms with Crippen molar-refractivity contribution in [2.24, 2.45) is 0 Å². The van der Waals surface area contributed by atoms with Crippen molar-refractivity contribution in [1.82, 2.24) is 5.32 Å². The lowest BCUT2D eigenvalue weighted by Crippen LogP contribution is -2.34. The van der Waals surface area contributed by atoms with Crippen LogP contribution in [0.2, 0.25) is 0 Å². The summed E-state index contributed by atoms with van der Waals surface area (Å²) in [6.07, 6.45) is 7.47. The summed E-state index contributed by atoms with van der Waals surface area (Å²) >= 11 is 0. The molecule has 2 nitrogen and oxygen atoms in total. The number of aliphatic hydroxyl groups is 1. The molecular weight excluding hydrogens is 174 g/mol. The van der Waals surface area contributed by atoms with E-state index in [0.29, 0.717) is 12.1 Å². The van der Waals surface area contributed by atoms with Crippen molar-refractivity contribution in [3.05, 3.63) is 0 Å². The fourth-order valence-electron chi connectivity index (χ4n) is 1.72. The first kappa shape index (κ1) is 13.9. The molecule has 0 aliphatic carbocycles. The molecule has 2 heteroatoms. The molecule has 0 radical (unpaired) electrons. The van der Waals surface area contributed by atoms with Gasteiger partial charge in [0.2, 0.25) is 0 Å². The molecule has 2 unspecified atom stereocenters. The molecule has 0 spiro atoms. The van der Waals surface area contributed by atoms with Crippen LogP contribution in [0.1, 0.15) is 59.3 Å². The first-order chi connectivity index (χ1) is 6.70. The van der Waals surface area contributed by atoms with Gasteiger partial charge in [-0.1, -0.05) is 32.6 Å². The van der Waals surface area contributed by atoms with Gasteiger partial charge in [-0.3, -0.25) is 0 Å². The third-order valence-corrected chi connectivity index (χ3v) is 2.62. The van der Waals surface area contributed by atoms with Gasteiger partial charge in [-0.2, -0.15) is 0 Å². The normalized spacial score (nSPS) is 15.4. The van der Waals surface area contributed by atoms with Crippen molar-refractivity contribution in [2.45, 2.75) is 71.4 Å². The van der Waals surface area contributed by atoms with E-state index in [-0.39, 0.29) is 6.61 Å². The van der Waals surface area contributed by atoms with Gasteiger partial charge in [0.25, 0.3) is 0 Å². The minimum atomic E-state index is 0.288. The smallest absolute Gasteiger partial charge is 0.0445 e. The molecule has 0 aromatic rings. The van der Waals surface area contributed by atoms with E-state index in [1.165, 1.54) is 32.1 Å². The van der Waals surface area contributed by atoms with E-state index >= 15 is 0 Å². The molecule has 86 valence electrons. The van der Waals surface area contributed by atoms with Crippen LogP contribution in [0.5, 0.6) is 0 Å². The molecule has 2 atom stereocenters. The van der Waals surface area contributed by atoms with Gasteiger partial charge in [-0.25, -0.2) is 0 Å². The molecule has 2 N–H and O–H groups in total. The Labute approximate surface area is 89.1 Å². The summed E-state index contributed by atoms with van der Waals surface area (Å²) in [6.45, 7) is 6.90. The third-order valence-electron chi connectivity index (χ3n) is 2.62. The monoisotopic (exact) mass is 201 g/mol. The van der Waals surface area contributed by atoms with E-state index in [0.717, 1.165) is 6.42 Å². The second-order valence-electron chi connectivity index (χ2n) is 4.33. The molecule has 14 heavy (non-hydrogen) atoms. The SMILES string of the molecule is CCCCCCC(C)NC(C)CCO. The number of aliphatic hydroxyl groups excluding tert-OH is 1. The molecule has 0 heterocycles. The van der Waals surface area contributed by atoms with Crippen LogP contribution < -0.4 is 5.32 Å². The number of nitrogens with one attached hydrogen (secondary N) is 1. The van der Waals surface area contributed by atoms with Gasteiger partial charge in [0.15, 0.2) is 0 Å². The van der Waals surface area contributed by atoms with E-state index in [1.807, 2.05) is 0 Å². The van der Waals surface area contributed by atoms with Crippen molar-refractivity contribution in [3.63, 3.8) is 0 Å². The zero-order chi connectivity index (χ0) is 10.8. The van der Waals surface area contributed by atoms with Crippen LogP contribution in [0.4, 0.5) is 0 Å². The van der Waals surface area contributed by atoms with E-state index in [1.54, 1.807) is 0 Å². The van der Waals surface area contributed by atoms with Gasteiger partial charge >= 0.3 is 0 Å². The average Bonchev–Trinajstić information content (AvgIpc) is 2.13. The minimum absolute atomic E-state index is 0.288. The number of rotatable bonds is 9. The molecule has 0 rings (SSSR count). The highest BCUT2D eigenvalue weighted by Crippen LogP contribution is 2.06. The van der Waals surface area contributed by atoms with E-state index in [2.05, 4.69) is 26.1 Å². The Bertz CT molecular complexity index is 117. The Morgan fingerprint density at radius 2 is 1.64 bits per heavy atom. The maximum atomic E-state index is 8.76. The van der Waals surface area contributed by atoms with Crippen LogP contribution in [0.25, 0.3) is 0 Å². The topological polar surface area (TPSA) is 32.3 Å². The summed E-state index contributed by atoms with van der Waals surface area (Å²) in [5, 5.41) is 12.3. The molecule has 0 fully saturated rings. The van der Waals surface area contributed by atoms with Crippen molar-refractivity contribution in [1.29, 1.82) is 0 Å². The molecule has 0 saturated heterocycles. The Morgan fingerprint density at radius 3 is 2.21 bits per heavy atom. The second kappa shape index (κ2) is 9.47. The summed E-state index contributed by atoms with van der Waals surface area (Å²) < 4.78 is 0. The lowest BCUT2D eigenvalue weighted by molar-refractivity contribution is 0.262. The first-order valence-electron chi connectivity index (χ1n) is 6.07. The average molecular weight is 201 g/mol. The molecule has 0 saturated carbocycles. The predicted molar refractivity (Wildman–Crippen MR) is 62.5 cm³/mol. The van der Waals surface area contributed by atoms with Crippen molar-refractivity contribution in [2.75, 3.05) is 6.61 Å². The maximum Gasteiger partial charge on any atom is 0.0445 e. The lowest BCUT2D eigenvalue weighted by atomic mass is 10.1. The highest BCUT2D eigenvalue weighted by Gasteiger charge is 2.05. The van der Waals surface area contributed by atoms with Crippen LogP contribution in [-0.2, 0) is 0 Å². The highest BCUT2D eigenvalue weighted by atomic mass is 16.3. The minimum Gasteiger partial charge on any atom is -0.396 e. The van der Waals surface area contributed by atoms with E-state index in [9.17, 15) is 0 Å². The van der Waals surface area contributed by atoms with Crippen molar-refractivity contribution < 1.29 is 5.11 Å². The van der Waals surface area contributed by atoms with Gasteiger partial charge in [-0.15, -0.1) is 0 Å². The summed E-state index contributed by atoms with van der Waals surface area (Å²) in [7, 11) is 0. The summed E-state index contributed by atoms with van der Waals surface area (Å²) in [5.74, 6) is 0. The second-order valence-corrected chi connectivity index (χ2v) is 4.33. The fraction of sp³-hybridized carbons (Fsp3) is 1.00. The Balaban J connectivity index is 3.30. The quantitative estimate of drug-likeness (QED) is 0.562. The Hall–Kier alpha value is -0.0800. The van der Waals surface area contributed by atoms with Crippen LogP contribution in [0, 0.1) is 0 Å². The number of hydrogen-bond acceptors (Lipinski definition) is 2. The number of unbranched alkanes of at least 4 members (excludes halogenated alkanes) is 3. The van der Waals surface area contributed by atoms with Crippen LogP contribution >= 0.6 is 0 Å². The zero-order valence-electron chi connectivity index (χ0n) is 10.1. The van der Waals surface area contributed by atoms with Gasteiger partial charge < -0.3 is 10.4 Å². The molecule has 0 amide bonds. The molecule has 0 aliphatic heterocycles. The van der Waals surface area contributed by atoms with Gasteiger partial charge in [-0.05, 0) is 26.7 Å². The van der Waals surface area contributed by atoms with E-state index < -0.39 is 0 Å². The summed E-state index contributed by atoms with van der Waals surface area (Å²) in [5.41, 5.74) is 0. The molecule has 0 aliphatic rings. The summed E-state index contributed by atoms with van der Waals surface area (Å²) in [6, 6.07) is 1.04. The van der Waals surface area contributed by atoms with Crippen molar-refractivity contribution >= 4 is 0 Å².